The van der Waals surface area contributed by atoms with Gasteiger partial charge in [-0.3, -0.25) is 14.9 Å². The Balaban J connectivity index is 1.80. The molecule has 7 heteroatoms. The molecule has 0 radical (unpaired) electrons. The number of barbiturate groups is 1. The number of nitrogens with one attached hydrogen (secondary N) is 1. The highest BCUT2D eigenvalue weighted by atomic mass is 35.5. The number of anilines is 1. The van der Waals surface area contributed by atoms with Crippen molar-refractivity contribution in [2.75, 3.05) is 4.90 Å². The van der Waals surface area contributed by atoms with E-state index >= 15 is 0 Å². The second-order valence-electron chi connectivity index (χ2n) is 8.35. The molecule has 0 aliphatic carbocycles. The number of aryl methyl sites for hydroxylation is 3. The number of carbonyl (C=O) groups is 3. The Labute approximate surface area is 197 Å². The van der Waals surface area contributed by atoms with Gasteiger partial charge in [0.25, 0.3) is 11.8 Å². The van der Waals surface area contributed by atoms with Gasteiger partial charge in [0, 0.05) is 22.1 Å². The first kappa shape index (κ1) is 22.6. The van der Waals surface area contributed by atoms with Crippen LogP contribution in [0.15, 0.2) is 48.0 Å². The molecule has 0 saturated carbocycles. The number of rotatable bonds is 3. The van der Waals surface area contributed by atoms with Crippen LogP contribution in [0.1, 0.15) is 33.6 Å². The molecular weight excluding hydrogens is 438 g/mol. The molecule has 6 nitrogen and oxygen atoms in total. The normalized spacial score (nSPS) is 15.4. The van der Waals surface area contributed by atoms with Crippen molar-refractivity contribution in [3.63, 3.8) is 0 Å². The fourth-order valence-electron chi connectivity index (χ4n) is 4.27. The van der Waals surface area contributed by atoms with Crippen molar-refractivity contribution in [2.24, 2.45) is 0 Å². The summed E-state index contributed by atoms with van der Waals surface area (Å²) in [5.74, 6) is -1.37. The maximum atomic E-state index is 13.3. The van der Waals surface area contributed by atoms with Crippen LogP contribution in [0.3, 0.4) is 0 Å². The topological polar surface area (TPSA) is 71.4 Å². The van der Waals surface area contributed by atoms with Gasteiger partial charge in [-0.05, 0) is 93.3 Å². The smallest absolute Gasteiger partial charge is 0.318 e. The van der Waals surface area contributed by atoms with E-state index in [4.69, 9.17) is 11.6 Å². The van der Waals surface area contributed by atoms with Crippen LogP contribution in [0.25, 0.3) is 11.8 Å². The van der Waals surface area contributed by atoms with E-state index in [1.807, 2.05) is 69.5 Å². The van der Waals surface area contributed by atoms with Crippen molar-refractivity contribution in [1.82, 2.24) is 9.88 Å². The van der Waals surface area contributed by atoms with Gasteiger partial charge in [-0.25, -0.2) is 9.69 Å². The van der Waals surface area contributed by atoms with Gasteiger partial charge in [-0.2, -0.15) is 0 Å². The van der Waals surface area contributed by atoms with Crippen LogP contribution in [-0.4, -0.2) is 22.4 Å². The minimum atomic E-state index is -0.757. The number of hydrogen-bond acceptors (Lipinski definition) is 3. The number of imide groups is 2. The molecule has 1 aliphatic heterocycles. The largest absolute Gasteiger partial charge is 0.335 e. The third kappa shape index (κ3) is 3.98. The Kier molecular flexibility index (Phi) is 5.72. The lowest BCUT2D eigenvalue weighted by atomic mass is 10.1. The average Bonchev–Trinajstić information content (AvgIpc) is 2.99. The molecular formula is C26H24ClN3O3. The third-order valence-electron chi connectivity index (χ3n) is 5.82. The molecule has 1 aromatic heterocycles. The van der Waals surface area contributed by atoms with Crippen LogP contribution in [0.4, 0.5) is 10.5 Å². The standard InChI is InChI=1S/C26H24ClN3O3/c1-14-9-15(2)11-20(10-14)30-25(32)21(24(31)28-26(30)33)13-19-12-16(3)29(18(19)5)23-8-6-7-22(27)17(23)4/h6-13H,1-5H3,(H,28,31,33)/b21-13+. The lowest BCUT2D eigenvalue weighted by molar-refractivity contribution is -0.122. The zero-order valence-electron chi connectivity index (χ0n) is 19.1. The molecule has 4 rings (SSSR count). The molecule has 168 valence electrons. The highest BCUT2D eigenvalue weighted by molar-refractivity contribution is 6.39. The Hall–Kier alpha value is -3.64. The van der Waals surface area contributed by atoms with E-state index in [9.17, 15) is 14.4 Å². The van der Waals surface area contributed by atoms with Crippen LogP contribution >= 0.6 is 11.6 Å². The van der Waals surface area contributed by atoms with Gasteiger partial charge in [0.2, 0.25) is 0 Å². The molecule has 33 heavy (non-hydrogen) atoms. The summed E-state index contributed by atoms with van der Waals surface area (Å²) in [6.07, 6.45) is 1.54. The number of aromatic nitrogens is 1. The van der Waals surface area contributed by atoms with Crippen LogP contribution in [0, 0.1) is 34.6 Å². The quantitative estimate of drug-likeness (QED) is 0.422. The molecule has 2 aromatic carbocycles. The van der Waals surface area contributed by atoms with E-state index in [1.165, 1.54) is 0 Å². The summed E-state index contributed by atoms with van der Waals surface area (Å²) < 4.78 is 2.03. The van der Waals surface area contributed by atoms with E-state index in [0.717, 1.165) is 38.7 Å². The number of amides is 4. The maximum absolute atomic E-state index is 13.3. The number of hydrogen-bond donors (Lipinski definition) is 1. The van der Waals surface area contributed by atoms with E-state index in [1.54, 1.807) is 18.2 Å². The van der Waals surface area contributed by atoms with Gasteiger partial charge in [0.05, 0.1) is 5.69 Å². The molecule has 0 spiro atoms. The number of halogens is 1. The predicted octanol–water partition coefficient (Wildman–Crippen LogP) is 5.34. The summed E-state index contributed by atoms with van der Waals surface area (Å²) in [5, 5.41) is 2.95. The zero-order valence-corrected chi connectivity index (χ0v) is 19.9. The van der Waals surface area contributed by atoms with Crippen molar-refractivity contribution in [2.45, 2.75) is 34.6 Å². The van der Waals surface area contributed by atoms with Gasteiger partial charge in [0.15, 0.2) is 0 Å². The van der Waals surface area contributed by atoms with E-state index in [-0.39, 0.29) is 5.57 Å². The number of carbonyl (C=O) groups excluding carboxylic acids is 3. The van der Waals surface area contributed by atoms with Crippen molar-refractivity contribution in [3.05, 3.63) is 86.7 Å². The van der Waals surface area contributed by atoms with E-state index in [2.05, 4.69) is 5.32 Å². The second-order valence-corrected chi connectivity index (χ2v) is 8.76. The molecule has 4 amide bonds. The average molecular weight is 462 g/mol. The van der Waals surface area contributed by atoms with Crippen LogP contribution in [0.2, 0.25) is 5.02 Å². The van der Waals surface area contributed by atoms with Crippen LogP contribution in [0.5, 0.6) is 0 Å². The summed E-state index contributed by atoms with van der Waals surface area (Å²) in [6.45, 7) is 9.58. The Bertz CT molecular complexity index is 1350. The van der Waals surface area contributed by atoms with Crippen molar-refractivity contribution in [1.29, 1.82) is 0 Å². The third-order valence-corrected chi connectivity index (χ3v) is 6.23. The van der Waals surface area contributed by atoms with Gasteiger partial charge in [0.1, 0.15) is 5.57 Å². The molecule has 1 saturated heterocycles. The SMILES string of the molecule is Cc1cc(C)cc(N2C(=O)NC(=O)/C(=C\c3cc(C)n(-c4cccc(Cl)c4C)c3C)C2=O)c1. The van der Waals surface area contributed by atoms with Crippen molar-refractivity contribution in [3.8, 4) is 5.69 Å². The summed E-state index contributed by atoms with van der Waals surface area (Å²) in [7, 11) is 0. The number of benzene rings is 2. The Morgan fingerprint density at radius 3 is 2.24 bits per heavy atom. The monoisotopic (exact) mass is 461 g/mol. The highest BCUT2D eigenvalue weighted by Crippen LogP contribution is 2.29. The fraction of sp³-hybridized carbons (Fsp3) is 0.192. The molecule has 3 aromatic rings. The first-order valence-electron chi connectivity index (χ1n) is 10.5. The Morgan fingerprint density at radius 1 is 0.909 bits per heavy atom. The summed E-state index contributed by atoms with van der Waals surface area (Å²) in [4.78, 5) is 39.5. The lowest BCUT2D eigenvalue weighted by Crippen LogP contribution is -2.54. The van der Waals surface area contributed by atoms with Crippen molar-refractivity contribution < 1.29 is 14.4 Å². The number of urea groups is 1. The molecule has 0 bridgehead atoms. The highest BCUT2D eigenvalue weighted by Gasteiger charge is 2.37. The summed E-state index contributed by atoms with van der Waals surface area (Å²) in [5.41, 5.74) is 6.48. The maximum Gasteiger partial charge on any atom is 0.335 e. The van der Waals surface area contributed by atoms with Gasteiger partial charge >= 0.3 is 6.03 Å². The summed E-state index contributed by atoms with van der Waals surface area (Å²) in [6, 6.07) is 12.3. The minimum absolute atomic E-state index is 0.100. The van der Waals surface area contributed by atoms with Gasteiger partial charge in [-0.15, -0.1) is 0 Å². The zero-order chi connectivity index (χ0) is 24.0. The molecule has 1 aliphatic rings. The first-order chi connectivity index (χ1) is 15.6. The molecule has 0 atom stereocenters. The molecule has 0 unspecified atom stereocenters. The van der Waals surface area contributed by atoms with Crippen LogP contribution < -0.4 is 10.2 Å². The molecule has 1 N–H and O–H groups in total. The summed E-state index contributed by atoms with van der Waals surface area (Å²) >= 11 is 6.32. The first-order valence-corrected chi connectivity index (χ1v) is 10.9. The minimum Gasteiger partial charge on any atom is -0.318 e. The van der Waals surface area contributed by atoms with Crippen LogP contribution in [-0.2, 0) is 9.59 Å². The molecule has 1 fully saturated rings. The van der Waals surface area contributed by atoms with E-state index < -0.39 is 17.8 Å². The fourth-order valence-corrected chi connectivity index (χ4v) is 4.44. The van der Waals surface area contributed by atoms with Gasteiger partial charge < -0.3 is 4.57 Å². The Morgan fingerprint density at radius 2 is 1.58 bits per heavy atom. The van der Waals surface area contributed by atoms with Gasteiger partial charge in [-0.1, -0.05) is 23.7 Å². The second kappa shape index (κ2) is 8.37. The lowest BCUT2D eigenvalue weighted by Gasteiger charge is -2.27. The van der Waals surface area contributed by atoms with Crippen molar-refractivity contribution >= 4 is 41.2 Å². The molecule has 2 heterocycles. The predicted molar refractivity (Wildman–Crippen MR) is 130 cm³/mol. The number of nitrogens with zero attached hydrogens (tertiary/aromatic N) is 2. The van der Waals surface area contributed by atoms with E-state index in [0.29, 0.717) is 16.3 Å².